The van der Waals surface area contributed by atoms with Gasteiger partial charge in [-0.3, -0.25) is 14.5 Å². The molecule has 0 unspecified atom stereocenters. The number of rotatable bonds is 10. The standard InChI is InChI=1S/C34H32N2O7S/c1-5-14-42-26-13-8-20(17-27(26)41-7-3)30-29(31(37)21-9-12-25-22(16-21)15-19(4)43-25)32(38)33(39)36(30)34-35-24-11-10-23(40-6-2)18-28(24)44-34/h5,8-13,16-19,30,37H,1,6-7,14-15H2,2-4H3/t19-,30-/m1/s1. The molecule has 2 aliphatic heterocycles. The lowest BCUT2D eigenvalue weighted by molar-refractivity contribution is -0.132. The molecule has 2 aliphatic rings. The summed E-state index contributed by atoms with van der Waals surface area (Å²) in [5.41, 5.74) is 2.51. The Labute approximate surface area is 259 Å². The highest BCUT2D eigenvalue weighted by Gasteiger charge is 2.48. The number of aromatic nitrogens is 1. The number of carbonyl (C=O) groups excluding carboxylic acids is 2. The number of benzene rings is 3. The Kier molecular flexibility index (Phi) is 8.01. The van der Waals surface area contributed by atoms with E-state index in [1.807, 2.05) is 45.0 Å². The van der Waals surface area contributed by atoms with Crippen LogP contribution in [0.4, 0.5) is 5.13 Å². The first-order valence-corrected chi connectivity index (χ1v) is 15.3. The van der Waals surface area contributed by atoms with Gasteiger partial charge in [-0.15, -0.1) is 0 Å². The third-order valence-electron chi connectivity index (χ3n) is 7.42. The molecule has 0 spiro atoms. The summed E-state index contributed by atoms with van der Waals surface area (Å²) in [6.07, 6.45) is 2.31. The van der Waals surface area contributed by atoms with Crippen molar-refractivity contribution in [1.29, 1.82) is 0 Å². The minimum atomic E-state index is -0.988. The second-order valence-electron chi connectivity index (χ2n) is 10.4. The number of Topliss-reactive ketones (excluding diaryl/α,β-unsaturated/α-hetero) is 1. The van der Waals surface area contributed by atoms with Crippen LogP contribution < -0.4 is 23.8 Å². The quantitative estimate of drug-likeness (QED) is 0.0923. The number of hydrogen-bond donors (Lipinski definition) is 1. The Morgan fingerprint density at radius 1 is 1.07 bits per heavy atom. The molecule has 6 rings (SSSR count). The molecule has 1 N–H and O–H groups in total. The number of anilines is 1. The number of hydrogen-bond acceptors (Lipinski definition) is 9. The molecule has 0 saturated carbocycles. The molecule has 3 heterocycles. The summed E-state index contributed by atoms with van der Waals surface area (Å²) in [6, 6.07) is 15.0. The molecular weight excluding hydrogens is 580 g/mol. The predicted octanol–water partition coefficient (Wildman–Crippen LogP) is 6.61. The highest BCUT2D eigenvalue weighted by molar-refractivity contribution is 7.22. The SMILES string of the molecule is C=CCOc1ccc([C@@H]2C(=C(O)c3ccc4c(c3)C[C@@H](C)O4)C(=O)C(=O)N2c2nc3ccc(OCC)cc3s2)cc1OCC. The molecule has 44 heavy (non-hydrogen) atoms. The topological polar surface area (TPSA) is 107 Å². The van der Waals surface area contributed by atoms with Gasteiger partial charge in [-0.25, -0.2) is 4.98 Å². The van der Waals surface area contributed by atoms with Gasteiger partial charge in [0.1, 0.15) is 30.0 Å². The first kappa shape index (κ1) is 29.3. The van der Waals surface area contributed by atoms with E-state index in [1.165, 1.54) is 16.2 Å². The van der Waals surface area contributed by atoms with Crippen molar-refractivity contribution in [3.63, 3.8) is 0 Å². The van der Waals surface area contributed by atoms with Crippen LogP contribution in [0.3, 0.4) is 0 Å². The third kappa shape index (κ3) is 5.26. The van der Waals surface area contributed by atoms with Crippen LogP contribution in [0, 0.1) is 0 Å². The summed E-state index contributed by atoms with van der Waals surface area (Å²) in [7, 11) is 0. The van der Waals surface area contributed by atoms with Crippen molar-refractivity contribution in [2.45, 2.75) is 39.3 Å². The van der Waals surface area contributed by atoms with Crippen LogP contribution in [0.1, 0.15) is 43.5 Å². The van der Waals surface area contributed by atoms with E-state index >= 15 is 0 Å². The number of aliphatic hydroxyl groups excluding tert-OH is 1. The maximum Gasteiger partial charge on any atom is 0.301 e. The van der Waals surface area contributed by atoms with E-state index in [0.717, 1.165) is 16.0 Å². The summed E-state index contributed by atoms with van der Waals surface area (Å²) in [4.78, 5) is 33.7. The van der Waals surface area contributed by atoms with Gasteiger partial charge in [-0.2, -0.15) is 0 Å². The number of amides is 1. The van der Waals surface area contributed by atoms with Crippen molar-refractivity contribution in [1.82, 2.24) is 4.98 Å². The molecule has 1 fully saturated rings. The minimum Gasteiger partial charge on any atom is -0.507 e. The normalized spacial score (nSPS) is 18.8. The zero-order valence-electron chi connectivity index (χ0n) is 24.7. The van der Waals surface area contributed by atoms with Crippen LogP contribution in [-0.4, -0.2) is 47.7 Å². The second kappa shape index (κ2) is 12.0. The fourth-order valence-electron chi connectivity index (χ4n) is 5.55. The Bertz CT molecular complexity index is 1810. The van der Waals surface area contributed by atoms with E-state index in [-0.39, 0.29) is 24.0 Å². The molecule has 1 amide bonds. The summed E-state index contributed by atoms with van der Waals surface area (Å²) >= 11 is 1.27. The highest BCUT2D eigenvalue weighted by Crippen LogP contribution is 2.46. The molecule has 1 saturated heterocycles. The second-order valence-corrected chi connectivity index (χ2v) is 11.4. The molecule has 9 nitrogen and oxygen atoms in total. The number of carbonyl (C=O) groups is 2. The van der Waals surface area contributed by atoms with Gasteiger partial charge in [0.15, 0.2) is 16.6 Å². The minimum absolute atomic E-state index is 0.00839. The van der Waals surface area contributed by atoms with Crippen molar-refractivity contribution in [2.75, 3.05) is 24.7 Å². The van der Waals surface area contributed by atoms with Gasteiger partial charge in [0.2, 0.25) is 0 Å². The molecular formula is C34H32N2O7S. The summed E-state index contributed by atoms with van der Waals surface area (Å²) in [5.74, 6) is 0.474. The van der Waals surface area contributed by atoms with Gasteiger partial charge in [0, 0.05) is 12.0 Å². The van der Waals surface area contributed by atoms with Gasteiger partial charge < -0.3 is 24.1 Å². The van der Waals surface area contributed by atoms with Gasteiger partial charge in [0.05, 0.1) is 35.0 Å². The van der Waals surface area contributed by atoms with Crippen molar-refractivity contribution >= 4 is 44.1 Å². The maximum absolute atomic E-state index is 13.8. The number of ether oxygens (including phenoxy) is 4. The van der Waals surface area contributed by atoms with Crippen molar-refractivity contribution < 1.29 is 33.6 Å². The Hall–Kier alpha value is -4.83. The predicted molar refractivity (Wildman–Crippen MR) is 169 cm³/mol. The van der Waals surface area contributed by atoms with Crippen molar-refractivity contribution in [3.05, 3.63) is 89.5 Å². The van der Waals surface area contributed by atoms with E-state index in [2.05, 4.69) is 6.58 Å². The average Bonchev–Trinajstić information content (AvgIpc) is 3.68. The lowest BCUT2D eigenvalue weighted by Gasteiger charge is -2.24. The zero-order valence-corrected chi connectivity index (χ0v) is 25.5. The molecule has 4 aromatic rings. The van der Waals surface area contributed by atoms with E-state index < -0.39 is 17.7 Å². The molecule has 0 bridgehead atoms. The van der Waals surface area contributed by atoms with Crippen LogP contribution in [-0.2, 0) is 16.0 Å². The van der Waals surface area contributed by atoms with Crippen LogP contribution in [0.2, 0.25) is 0 Å². The maximum atomic E-state index is 13.8. The first-order valence-electron chi connectivity index (χ1n) is 14.5. The summed E-state index contributed by atoms with van der Waals surface area (Å²) in [6.45, 7) is 10.6. The first-order chi connectivity index (χ1) is 21.3. The zero-order chi connectivity index (χ0) is 31.0. The number of ketones is 1. The fraction of sp³-hybridized carbons (Fsp3) is 0.265. The van der Waals surface area contributed by atoms with E-state index in [1.54, 1.807) is 36.4 Å². The van der Waals surface area contributed by atoms with E-state index in [0.29, 0.717) is 58.7 Å². The third-order valence-corrected chi connectivity index (χ3v) is 8.44. The summed E-state index contributed by atoms with van der Waals surface area (Å²) < 4.78 is 23.9. The fourth-order valence-corrected chi connectivity index (χ4v) is 6.57. The Morgan fingerprint density at radius 3 is 2.66 bits per heavy atom. The molecule has 3 aromatic carbocycles. The largest absolute Gasteiger partial charge is 0.507 e. The van der Waals surface area contributed by atoms with Crippen LogP contribution >= 0.6 is 11.3 Å². The summed E-state index contributed by atoms with van der Waals surface area (Å²) in [5, 5.41) is 12.0. The monoisotopic (exact) mass is 612 g/mol. The number of nitrogens with zero attached hydrogens (tertiary/aromatic N) is 2. The van der Waals surface area contributed by atoms with Gasteiger partial charge in [-0.1, -0.05) is 30.1 Å². The average molecular weight is 613 g/mol. The molecule has 1 aromatic heterocycles. The molecule has 10 heteroatoms. The van der Waals surface area contributed by atoms with E-state index in [9.17, 15) is 14.7 Å². The van der Waals surface area contributed by atoms with Gasteiger partial charge in [-0.05, 0) is 80.4 Å². The number of thiazole rings is 1. The molecule has 0 aliphatic carbocycles. The highest BCUT2D eigenvalue weighted by atomic mass is 32.1. The van der Waals surface area contributed by atoms with E-state index in [4.69, 9.17) is 23.9 Å². The lowest BCUT2D eigenvalue weighted by Crippen LogP contribution is -2.29. The smallest absolute Gasteiger partial charge is 0.301 e. The van der Waals surface area contributed by atoms with Gasteiger partial charge >= 0.3 is 5.91 Å². The molecule has 226 valence electrons. The Balaban J connectivity index is 1.52. The van der Waals surface area contributed by atoms with Crippen LogP contribution in [0.5, 0.6) is 23.0 Å². The number of fused-ring (bicyclic) bond motifs is 2. The van der Waals surface area contributed by atoms with Crippen LogP contribution in [0.25, 0.3) is 16.0 Å². The molecule has 0 radical (unpaired) electrons. The van der Waals surface area contributed by atoms with Gasteiger partial charge in [0.25, 0.3) is 5.78 Å². The van der Waals surface area contributed by atoms with Crippen LogP contribution in [0.15, 0.2) is 72.8 Å². The van der Waals surface area contributed by atoms with Crippen molar-refractivity contribution in [3.8, 4) is 23.0 Å². The molecule has 2 atom stereocenters. The Morgan fingerprint density at radius 2 is 1.89 bits per heavy atom. The lowest BCUT2D eigenvalue weighted by atomic mass is 9.94. The van der Waals surface area contributed by atoms with Crippen molar-refractivity contribution in [2.24, 2.45) is 0 Å². The number of aliphatic hydroxyl groups is 1.